The van der Waals surface area contributed by atoms with Crippen LogP contribution in [0, 0.1) is 13.8 Å². The fourth-order valence-electron chi connectivity index (χ4n) is 8.58. The van der Waals surface area contributed by atoms with Crippen molar-refractivity contribution in [3.63, 3.8) is 0 Å². The number of aliphatic hydroxyl groups is 3. The lowest BCUT2D eigenvalue weighted by Crippen LogP contribution is -2.54. The molecule has 79 heavy (non-hydrogen) atoms. The minimum Gasteiger partial charge on any atom is -0.463 e. The quantitative estimate of drug-likeness (QED) is 0.0503. The van der Waals surface area contributed by atoms with Crippen LogP contribution < -0.4 is 20.9 Å². The molecule has 0 spiro atoms. The SMILES string of the molecule is Cc1cccc(CCOc2nc(N)c3ncn([C@@H]4O[C@H](CO)[C@@H](O)[C@H]4O)c3n2)c1.Cc1cccc(CCOc2nc(N)c3ncn([C@@H]4O[C@H](CO[Si](C)(C)C(C)(C)C)[C@@H](O[Si](C)(C)C(C)(C)C)[C@H]4O[Si](C)(C)C(C)(C)C)c3n2)c1. The zero-order valence-electron chi connectivity index (χ0n) is 49.6. The molecule has 6 aromatic rings. The third-order valence-electron chi connectivity index (χ3n) is 16.5. The summed E-state index contributed by atoms with van der Waals surface area (Å²) in [5.74, 6) is 0.386. The summed E-state index contributed by atoms with van der Waals surface area (Å²) in [6.07, 6.45) is -1.62. The minimum atomic E-state index is -2.34. The van der Waals surface area contributed by atoms with E-state index >= 15 is 0 Å². The molecule has 2 aromatic carbocycles. The van der Waals surface area contributed by atoms with Gasteiger partial charge in [0.1, 0.15) is 36.6 Å². The normalized spacial score (nSPS) is 22.4. The van der Waals surface area contributed by atoms with Crippen molar-refractivity contribution in [1.82, 2.24) is 39.0 Å². The highest BCUT2D eigenvalue weighted by atomic mass is 28.4. The first kappa shape index (κ1) is 61.7. The standard InChI is InChI=1S/C37H65N5O5Si3.C19H23N5O5/c1-25-18-17-19-26(22-25)20-21-43-34-40-31(38)28-32(41-34)42(24-39-28)33-30(47-50(15,16)37(8,9)10)29(46-49(13,14)36(5,6)7)27(45-33)23-44-48(11,12)35(2,3)4;1-10-3-2-4-11(7-10)5-6-28-19-22-16(20)13-17(23-19)24(9-21-13)18-15(27)14(26)12(8-25)29-18/h17-19,22,24,27,29-30,33H,20-21,23H2,1-16H3,(H2,38,40,41);2-4,7,9,12,14-15,18,25-27H,5-6,8H2,1H3,(H2,20,22,23)/t27-,29-,30-,33-;12-,14-,15-,18-/m11/s1. The first-order valence-electron chi connectivity index (χ1n) is 27.4. The maximum absolute atomic E-state index is 10.3. The van der Waals surface area contributed by atoms with Gasteiger partial charge in [0.25, 0.3) is 0 Å². The maximum Gasteiger partial charge on any atom is 0.320 e. The van der Waals surface area contributed by atoms with Gasteiger partial charge in [-0.2, -0.15) is 19.9 Å². The Balaban J connectivity index is 0.000000262. The van der Waals surface area contributed by atoms with E-state index in [-0.39, 0.29) is 51.0 Å². The van der Waals surface area contributed by atoms with Crippen LogP contribution in [0.25, 0.3) is 22.3 Å². The summed E-state index contributed by atoms with van der Waals surface area (Å²) < 4.78 is 49.3. The molecule has 2 fully saturated rings. The zero-order valence-corrected chi connectivity index (χ0v) is 52.6. The highest BCUT2D eigenvalue weighted by Crippen LogP contribution is 2.47. The summed E-state index contributed by atoms with van der Waals surface area (Å²) in [6.45, 7) is 38.9. The molecule has 0 saturated carbocycles. The second kappa shape index (κ2) is 23.9. The predicted octanol–water partition coefficient (Wildman–Crippen LogP) is 8.99. The summed E-state index contributed by atoms with van der Waals surface area (Å²) in [5.41, 5.74) is 18.8. The predicted molar refractivity (Wildman–Crippen MR) is 314 cm³/mol. The van der Waals surface area contributed by atoms with Crippen LogP contribution in [-0.2, 0) is 35.6 Å². The summed E-state index contributed by atoms with van der Waals surface area (Å²) in [6, 6.07) is 16.8. The Kier molecular flexibility index (Phi) is 18.6. The summed E-state index contributed by atoms with van der Waals surface area (Å²) >= 11 is 0. The summed E-state index contributed by atoms with van der Waals surface area (Å²) in [7, 11) is -6.75. The molecule has 4 aromatic heterocycles. The lowest BCUT2D eigenvalue weighted by Gasteiger charge is -2.44. The van der Waals surface area contributed by atoms with Crippen molar-refractivity contribution in [2.45, 2.75) is 192 Å². The molecule has 0 aliphatic carbocycles. The molecule has 6 heterocycles. The van der Waals surface area contributed by atoms with Gasteiger partial charge in [-0.25, -0.2) is 9.97 Å². The molecule has 0 unspecified atom stereocenters. The van der Waals surface area contributed by atoms with E-state index in [9.17, 15) is 15.3 Å². The van der Waals surface area contributed by atoms with Crippen molar-refractivity contribution in [3.05, 3.63) is 83.4 Å². The molecule has 0 amide bonds. The summed E-state index contributed by atoms with van der Waals surface area (Å²) in [4.78, 5) is 26.6. The number of benzene rings is 2. The van der Waals surface area contributed by atoms with Crippen LogP contribution in [0.15, 0.2) is 61.2 Å². The van der Waals surface area contributed by atoms with Gasteiger partial charge in [-0.3, -0.25) is 9.13 Å². The molecule has 2 saturated heterocycles. The Hall–Kier alpha value is -4.93. The third-order valence-corrected chi connectivity index (χ3v) is 30.0. The largest absolute Gasteiger partial charge is 0.463 e. The molecule has 434 valence electrons. The van der Waals surface area contributed by atoms with Crippen LogP contribution >= 0.6 is 0 Å². The van der Waals surface area contributed by atoms with E-state index in [0.717, 1.165) is 12.0 Å². The van der Waals surface area contributed by atoms with E-state index in [4.69, 9.17) is 48.7 Å². The van der Waals surface area contributed by atoms with E-state index < -0.39 is 68.4 Å². The van der Waals surface area contributed by atoms with Gasteiger partial charge in [-0.1, -0.05) is 122 Å². The molecule has 0 radical (unpaired) electrons. The molecular formula is C56H88N10O10Si3. The van der Waals surface area contributed by atoms with Crippen molar-refractivity contribution in [1.29, 1.82) is 0 Å². The maximum atomic E-state index is 10.3. The number of nitrogen functional groups attached to an aromatic ring is 2. The van der Waals surface area contributed by atoms with E-state index in [1.165, 1.54) is 27.6 Å². The van der Waals surface area contributed by atoms with E-state index in [2.05, 4.69) is 164 Å². The fourth-order valence-corrected chi connectivity index (χ4v) is 12.2. The van der Waals surface area contributed by atoms with Crippen LogP contribution in [0.5, 0.6) is 12.0 Å². The molecule has 0 bridgehead atoms. The molecule has 8 atom stereocenters. The monoisotopic (exact) mass is 1140 g/mol. The molecule has 8 rings (SSSR count). The lowest BCUT2D eigenvalue weighted by atomic mass is 10.1. The van der Waals surface area contributed by atoms with Gasteiger partial charge < -0.3 is 59.0 Å². The zero-order chi connectivity index (χ0) is 58.2. The Bertz CT molecular complexity index is 3030. The topological polar surface area (TPSA) is 265 Å². The van der Waals surface area contributed by atoms with Crippen molar-refractivity contribution < 1.29 is 47.5 Å². The van der Waals surface area contributed by atoms with Gasteiger partial charge in [-0.15, -0.1) is 0 Å². The molecule has 2 aliphatic rings. The average molecular weight is 1150 g/mol. The van der Waals surface area contributed by atoms with Gasteiger partial charge in [-0.05, 0) is 79.4 Å². The van der Waals surface area contributed by atoms with E-state index in [1.54, 1.807) is 6.33 Å². The highest BCUT2D eigenvalue weighted by molar-refractivity contribution is 6.75. The third kappa shape index (κ3) is 14.1. The summed E-state index contributed by atoms with van der Waals surface area (Å²) in [5, 5.41) is 29.5. The number of hydrogen-bond donors (Lipinski definition) is 5. The number of ether oxygens (including phenoxy) is 4. The van der Waals surface area contributed by atoms with Gasteiger partial charge >= 0.3 is 12.0 Å². The number of anilines is 2. The number of aliphatic hydroxyl groups excluding tert-OH is 3. The van der Waals surface area contributed by atoms with Gasteiger partial charge in [0, 0.05) is 12.8 Å². The smallest absolute Gasteiger partial charge is 0.320 e. The Morgan fingerprint density at radius 2 is 1.01 bits per heavy atom. The van der Waals surface area contributed by atoms with Crippen LogP contribution in [0.3, 0.4) is 0 Å². The number of fused-ring (bicyclic) bond motifs is 2. The van der Waals surface area contributed by atoms with Crippen molar-refractivity contribution in [2.24, 2.45) is 0 Å². The minimum absolute atomic E-state index is 0.0223. The van der Waals surface area contributed by atoms with Crippen molar-refractivity contribution in [3.8, 4) is 12.0 Å². The Morgan fingerprint density at radius 3 is 1.43 bits per heavy atom. The average Bonchev–Trinajstić information content (AvgIpc) is 4.24. The van der Waals surface area contributed by atoms with Crippen molar-refractivity contribution in [2.75, 3.05) is 37.9 Å². The molecule has 23 heteroatoms. The van der Waals surface area contributed by atoms with Gasteiger partial charge in [0.05, 0.1) is 39.1 Å². The van der Waals surface area contributed by atoms with Gasteiger partial charge in [0.2, 0.25) is 0 Å². The van der Waals surface area contributed by atoms with E-state index in [1.807, 2.05) is 29.7 Å². The number of aryl methyl sites for hydroxylation is 2. The van der Waals surface area contributed by atoms with Crippen molar-refractivity contribution >= 4 is 58.9 Å². The number of nitrogens with zero attached hydrogens (tertiary/aromatic N) is 8. The van der Waals surface area contributed by atoms with Crippen LogP contribution in [0.1, 0.15) is 97.0 Å². The van der Waals surface area contributed by atoms with E-state index in [0.29, 0.717) is 48.6 Å². The number of hydrogen-bond acceptors (Lipinski definition) is 18. The first-order chi connectivity index (χ1) is 36.7. The molecule has 20 nitrogen and oxygen atoms in total. The highest BCUT2D eigenvalue weighted by Gasteiger charge is 2.55. The lowest BCUT2D eigenvalue weighted by molar-refractivity contribution is -0.0511. The number of aromatic nitrogens is 8. The van der Waals surface area contributed by atoms with Crippen LogP contribution in [-0.4, -0.2) is 142 Å². The second-order valence-corrected chi connectivity index (χ2v) is 40.0. The first-order valence-corrected chi connectivity index (χ1v) is 36.1. The van der Waals surface area contributed by atoms with Crippen LogP contribution in [0.2, 0.25) is 54.4 Å². The molecule has 7 N–H and O–H groups in total. The second-order valence-electron chi connectivity index (χ2n) is 25.7. The molecule has 2 aliphatic heterocycles. The Morgan fingerprint density at radius 1 is 0.582 bits per heavy atom. The molecular weight excluding hydrogens is 1060 g/mol. The Labute approximate surface area is 469 Å². The van der Waals surface area contributed by atoms with Gasteiger partial charge in [0.15, 0.2) is 71.4 Å². The number of imidazole rings is 2. The number of nitrogens with two attached hydrogens (primary N) is 2. The fraction of sp³-hybridized carbons (Fsp3) is 0.607. The van der Waals surface area contributed by atoms with Crippen LogP contribution in [0.4, 0.5) is 11.6 Å². The number of rotatable bonds is 18.